The first kappa shape index (κ1) is 20.1. The molecule has 5 rings (SSSR count). The zero-order valence-corrected chi connectivity index (χ0v) is 17.9. The first-order chi connectivity index (χ1) is 15.6. The lowest BCUT2D eigenvalue weighted by Crippen LogP contribution is -2.36. The fraction of sp³-hybridized carbons (Fsp3) is 0.231. The molecule has 1 amide bonds. The van der Waals surface area contributed by atoms with E-state index < -0.39 is 5.97 Å². The smallest absolute Gasteiger partial charge is 0.323 e. The summed E-state index contributed by atoms with van der Waals surface area (Å²) in [4.78, 5) is 27.1. The van der Waals surface area contributed by atoms with Gasteiger partial charge in [0, 0.05) is 41.7 Å². The SMILES string of the molecule is CCOc1ccc2ccccc2c1C(=O)N1CCc2c(c3ccccc3n2CC(=O)O)C1. The lowest BCUT2D eigenvalue weighted by Gasteiger charge is -2.29. The number of rotatable bonds is 5. The maximum atomic E-state index is 13.8. The molecule has 0 unspecified atom stereocenters. The molecule has 4 aromatic rings. The minimum absolute atomic E-state index is 0.0639. The topological polar surface area (TPSA) is 71.8 Å². The maximum absolute atomic E-state index is 13.8. The van der Waals surface area contributed by atoms with Crippen LogP contribution in [-0.2, 0) is 24.3 Å². The van der Waals surface area contributed by atoms with Gasteiger partial charge in [0.25, 0.3) is 5.91 Å². The number of carboxylic acids is 1. The second kappa shape index (κ2) is 8.04. The van der Waals surface area contributed by atoms with Gasteiger partial charge in [0.05, 0.1) is 12.2 Å². The number of para-hydroxylation sites is 1. The molecule has 6 nitrogen and oxygen atoms in total. The summed E-state index contributed by atoms with van der Waals surface area (Å²) in [7, 11) is 0. The van der Waals surface area contributed by atoms with Gasteiger partial charge in [-0.1, -0.05) is 48.5 Å². The Morgan fingerprint density at radius 1 is 1.00 bits per heavy atom. The minimum Gasteiger partial charge on any atom is -0.493 e. The van der Waals surface area contributed by atoms with E-state index in [2.05, 4.69) is 0 Å². The number of hydrogen-bond donors (Lipinski definition) is 1. The highest BCUT2D eigenvalue weighted by Gasteiger charge is 2.29. The van der Waals surface area contributed by atoms with Crippen molar-refractivity contribution in [2.45, 2.75) is 26.4 Å². The van der Waals surface area contributed by atoms with Gasteiger partial charge in [-0.2, -0.15) is 0 Å². The van der Waals surface area contributed by atoms with Crippen molar-refractivity contribution in [2.75, 3.05) is 13.2 Å². The quantitative estimate of drug-likeness (QED) is 0.509. The zero-order chi connectivity index (χ0) is 22.2. The van der Waals surface area contributed by atoms with Crippen LogP contribution in [0.5, 0.6) is 5.75 Å². The molecule has 0 saturated heterocycles. The molecule has 1 N–H and O–H groups in total. The molecule has 1 aliphatic rings. The Kier molecular flexibility index (Phi) is 5.05. The van der Waals surface area contributed by atoms with Crippen LogP contribution in [-0.4, -0.2) is 39.6 Å². The second-order valence-electron chi connectivity index (χ2n) is 7.99. The number of amides is 1. The number of fused-ring (bicyclic) bond motifs is 4. The summed E-state index contributed by atoms with van der Waals surface area (Å²) in [6.45, 7) is 3.27. The number of nitrogens with zero attached hydrogens (tertiary/aromatic N) is 2. The number of carbonyl (C=O) groups is 2. The third kappa shape index (κ3) is 3.28. The van der Waals surface area contributed by atoms with Crippen molar-refractivity contribution in [1.29, 1.82) is 0 Å². The summed E-state index contributed by atoms with van der Waals surface area (Å²) in [6, 6.07) is 19.5. The lowest BCUT2D eigenvalue weighted by atomic mass is 9.99. The average Bonchev–Trinajstić information content (AvgIpc) is 3.11. The van der Waals surface area contributed by atoms with Crippen molar-refractivity contribution in [3.05, 3.63) is 77.5 Å². The van der Waals surface area contributed by atoms with E-state index in [1.54, 1.807) is 0 Å². The van der Waals surface area contributed by atoms with Crippen LogP contribution in [0.25, 0.3) is 21.7 Å². The van der Waals surface area contributed by atoms with Crippen LogP contribution in [0.4, 0.5) is 0 Å². The van der Waals surface area contributed by atoms with Crippen molar-refractivity contribution in [1.82, 2.24) is 9.47 Å². The van der Waals surface area contributed by atoms with E-state index >= 15 is 0 Å². The predicted octanol–water partition coefficient (Wildman–Crippen LogP) is 4.48. The molecule has 0 atom stereocenters. The van der Waals surface area contributed by atoms with Gasteiger partial charge in [-0.3, -0.25) is 9.59 Å². The van der Waals surface area contributed by atoms with E-state index in [-0.39, 0.29) is 12.5 Å². The van der Waals surface area contributed by atoms with Gasteiger partial charge in [-0.15, -0.1) is 0 Å². The molecular weight excluding hydrogens is 404 g/mol. The molecule has 32 heavy (non-hydrogen) atoms. The van der Waals surface area contributed by atoms with E-state index in [9.17, 15) is 14.7 Å². The number of ether oxygens (including phenoxy) is 1. The molecule has 0 fully saturated rings. The van der Waals surface area contributed by atoms with Crippen LogP contribution in [0.2, 0.25) is 0 Å². The Morgan fingerprint density at radius 3 is 2.53 bits per heavy atom. The van der Waals surface area contributed by atoms with Crippen molar-refractivity contribution in [2.24, 2.45) is 0 Å². The number of aliphatic carboxylic acids is 1. The zero-order valence-electron chi connectivity index (χ0n) is 17.9. The van der Waals surface area contributed by atoms with Crippen LogP contribution in [0.1, 0.15) is 28.5 Å². The number of benzene rings is 3. The third-order valence-corrected chi connectivity index (χ3v) is 6.15. The summed E-state index contributed by atoms with van der Waals surface area (Å²) in [5.74, 6) is -0.342. The molecule has 0 saturated carbocycles. The first-order valence-corrected chi connectivity index (χ1v) is 10.8. The number of carbonyl (C=O) groups excluding carboxylic acids is 1. The van der Waals surface area contributed by atoms with Crippen LogP contribution >= 0.6 is 0 Å². The van der Waals surface area contributed by atoms with E-state index in [0.29, 0.717) is 37.4 Å². The molecule has 0 spiro atoms. The molecule has 0 bridgehead atoms. The van der Waals surface area contributed by atoms with Crippen molar-refractivity contribution in [3.63, 3.8) is 0 Å². The Hall–Kier alpha value is -3.80. The second-order valence-corrected chi connectivity index (χ2v) is 7.99. The Labute approximate surface area is 185 Å². The molecule has 6 heteroatoms. The molecule has 1 aromatic heterocycles. The maximum Gasteiger partial charge on any atom is 0.323 e. The van der Waals surface area contributed by atoms with E-state index in [1.165, 1.54) is 0 Å². The molecule has 0 radical (unpaired) electrons. The van der Waals surface area contributed by atoms with Gasteiger partial charge in [0.2, 0.25) is 0 Å². The van der Waals surface area contributed by atoms with Gasteiger partial charge < -0.3 is 19.3 Å². The molecule has 0 aliphatic carbocycles. The number of hydrogen-bond acceptors (Lipinski definition) is 3. The summed E-state index contributed by atoms with van der Waals surface area (Å²) in [5, 5.41) is 12.3. The standard InChI is InChI=1S/C26H24N2O4/c1-2-32-23-12-11-17-7-3-4-8-18(17)25(23)26(31)27-14-13-22-20(15-27)19-9-5-6-10-21(19)28(22)16-24(29)30/h3-12H,2,13-16H2,1H3,(H,29,30). The van der Waals surface area contributed by atoms with Gasteiger partial charge >= 0.3 is 5.97 Å². The van der Waals surface area contributed by atoms with Crippen LogP contribution in [0.15, 0.2) is 60.7 Å². The van der Waals surface area contributed by atoms with Gasteiger partial charge in [0.1, 0.15) is 12.3 Å². The van der Waals surface area contributed by atoms with Crippen molar-refractivity contribution < 1.29 is 19.4 Å². The first-order valence-electron chi connectivity index (χ1n) is 10.8. The molecule has 162 valence electrons. The monoisotopic (exact) mass is 428 g/mol. The fourth-order valence-electron chi connectivity index (χ4n) is 4.80. The number of aromatic nitrogens is 1. The Bertz CT molecular complexity index is 1350. The largest absolute Gasteiger partial charge is 0.493 e. The summed E-state index contributed by atoms with van der Waals surface area (Å²) < 4.78 is 7.70. The summed E-state index contributed by atoms with van der Waals surface area (Å²) in [5.41, 5.74) is 3.51. The van der Waals surface area contributed by atoms with Gasteiger partial charge in [-0.05, 0) is 29.8 Å². The van der Waals surface area contributed by atoms with Gasteiger partial charge in [-0.25, -0.2) is 0 Å². The van der Waals surface area contributed by atoms with Crippen LogP contribution < -0.4 is 4.74 Å². The van der Waals surface area contributed by atoms with Crippen LogP contribution in [0, 0.1) is 0 Å². The average molecular weight is 428 g/mol. The predicted molar refractivity (Wildman–Crippen MR) is 123 cm³/mol. The fourth-order valence-corrected chi connectivity index (χ4v) is 4.80. The van der Waals surface area contributed by atoms with E-state index in [1.807, 2.05) is 77.1 Å². The number of carboxylic acid groups (broad SMARTS) is 1. The third-order valence-electron chi connectivity index (χ3n) is 6.15. The highest BCUT2D eigenvalue weighted by Crippen LogP contribution is 2.34. The highest BCUT2D eigenvalue weighted by molar-refractivity contribution is 6.09. The summed E-state index contributed by atoms with van der Waals surface area (Å²) >= 11 is 0. The Morgan fingerprint density at radius 2 is 1.75 bits per heavy atom. The van der Waals surface area contributed by atoms with Crippen molar-refractivity contribution >= 4 is 33.6 Å². The Balaban J connectivity index is 1.58. The minimum atomic E-state index is -0.871. The normalized spacial score (nSPS) is 13.3. The molecule has 2 heterocycles. The molecule has 1 aliphatic heterocycles. The lowest BCUT2D eigenvalue weighted by molar-refractivity contribution is -0.137. The molecular formula is C26H24N2O4. The van der Waals surface area contributed by atoms with E-state index in [4.69, 9.17) is 4.74 Å². The highest BCUT2D eigenvalue weighted by atomic mass is 16.5. The van der Waals surface area contributed by atoms with Gasteiger partial charge in [0.15, 0.2) is 0 Å². The van der Waals surface area contributed by atoms with Crippen LogP contribution in [0.3, 0.4) is 0 Å². The molecule has 3 aromatic carbocycles. The van der Waals surface area contributed by atoms with Crippen molar-refractivity contribution in [3.8, 4) is 5.75 Å². The summed E-state index contributed by atoms with van der Waals surface area (Å²) in [6.07, 6.45) is 0.609. The van der Waals surface area contributed by atoms with E-state index in [0.717, 1.165) is 32.9 Å².